The number of aliphatic hydroxyl groups is 1. The third kappa shape index (κ3) is 4.87. The Bertz CT molecular complexity index is 585. The van der Waals surface area contributed by atoms with Crippen LogP contribution in [-0.2, 0) is 4.79 Å². The number of ether oxygens (including phenoxy) is 1. The van der Waals surface area contributed by atoms with Crippen molar-refractivity contribution in [3.05, 3.63) is 60.2 Å². The number of anilines is 1. The molecule has 0 heterocycles. The highest BCUT2D eigenvalue weighted by Crippen LogP contribution is 2.14. The Labute approximate surface area is 129 Å². The number of methoxy groups -OCH3 is 1. The molecule has 3 N–H and O–H groups in total. The molecule has 0 aliphatic heterocycles. The Kier molecular flexibility index (Phi) is 5.94. The zero-order valence-corrected chi connectivity index (χ0v) is 12.5. The van der Waals surface area contributed by atoms with Crippen molar-refractivity contribution in [1.82, 2.24) is 5.32 Å². The fraction of sp³-hybridized carbons (Fsp3) is 0.235. The molecule has 0 saturated carbocycles. The smallest absolute Gasteiger partial charge is 0.238 e. The van der Waals surface area contributed by atoms with E-state index in [4.69, 9.17) is 4.74 Å². The number of nitrogens with one attached hydrogen (secondary N) is 2. The Balaban J connectivity index is 1.73. The van der Waals surface area contributed by atoms with Gasteiger partial charge in [-0.2, -0.15) is 0 Å². The van der Waals surface area contributed by atoms with Crippen molar-refractivity contribution in [3.63, 3.8) is 0 Å². The zero-order valence-electron chi connectivity index (χ0n) is 12.5. The third-order valence-corrected chi connectivity index (χ3v) is 3.18. The van der Waals surface area contributed by atoms with Crippen molar-refractivity contribution in [2.24, 2.45) is 0 Å². The summed E-state index contributed by atoms with van der Waals surface area (Å²) in [6.45, 7) is 0.454. The Hall–Kier alpha value is -2.37. The number of benzene rings is 2. The van der Waals surface area contributed by atoms with Crippen LogP contribution in [-0.4, -0.2) is 31.2 Å². The number of carbonyl (C=O) groups excluding carboxylic acids is 1. The maximum Gasteiger partial charge on any atom is 0.238 e. The highest BCUT2D eigenvalue weighted by atomic mass is 16.5. The standard InChI is InChI=1S/C17H20N2O3/c1-22-15-9-7-14(8-10-15)19-17(21)12-18-11-16(20)13-5-3-2-4-6-13/h2-10,16,18,20H,11-12H2,1H3,(H,19,21). The summed E-state index contributed by atoms with van der Waals surface area (Å²) in [5.41, 5.74) is 1.53. The van der Waals surface area contributed by atoms with Gasteiger partial charge in [-0.15, -0.1) is 0 Å². The lowest BCUT2D eigenvalue weighted by Crippen LogP contribution is -2.31. The maximum absolute atomic E-state index is 11.8. The first kappa shape index (κ1) is 16.0. The summed E-state index contributed by atoms with van der Waals surface area (Å²) < 4.78 is 5.05. The molecule has 2 aromatic carbocycles. The molecule has 0 aromatic heterocycles. The van der Waals surface area contributed by atoms with E-state index in [-0.39, 0.29) is 12.5 Å². The van der Waals surface area contributed by atoms with Crippen molar-refractivity contribution >= 4 is 11.6 Å². The summed E-state index contributed by atoms with van der Waals surface area (Å²) in [6, 6.07) is 16.4. The first-order chi connectivity index (χ1) is 10.7. The average Bonchev–Trinajstić information content (AvgIpc) is 2.56. The molecule has 2 aromatic rings. The van der Waals surface area contributed by atoms with Crippen molar-refractivity contribution in [1.29, 1.82) is 0 Å². The van der Waals surface area contributed by atoms with Gasteiger partial charge in [-0.25, -0.2) is 0 Å². The molecule has 2 rings (SSSR count). The van der Waals surface area contributed by atoms with E-state index >= 15 is 0 Å². The van der Waals surface area contributed by atoms with E-state index in [1.807, 2.05) is 30.3 Å². The monoisotopic (exact) mass is 300 g/mol. The van der Waals surface area contributed by atoms with Gasteiger partial charge in [0, 0.05) is 12.2 Å². The van der Waals surface area contributed by atoms with E-state index in [1.165, 1.54) is 0 Å². The van der Waals surface area contributed by atoms with Crippen molar-refractivity contribution in [2.45, 2.75) is 6.10 Å². The van der Waals surface area contributed by atoms with Crippen LogP contribution in [0.25, 0.3) is 0 Å². The zero-order chi connectivity index (χ0) is 15.8. The maximum atomic E-state index is 11.8. The normalized spacial score (nSPS) is 11.7. The lowest BCUT2D eigenvalue weighted by Gasteiger charge is -2.12. The Morgan fingerprint density at radius 3 is 2.45 bits per heavy atom. The molecule has 1 amide bonds. The van der Waals surface area contributed by atoms with E-state index < -0.39 is 6.10 Å². The fourth-order valence-corrected chi connectivity index (χ4v) is 1.99. The summed E-state index contributed by atoms with van der Waals surface area (Å²) in [7, 11) is 1.59. The summed E-state index contributed by atoms with van der Waals surface area (Å²) in [4.78, 5) is 11.8. The van der Waals surface area contributed by atoms with Crippen LogP contribution in [0.1, 0.15) is 11.7 Å². The molecule has 0 saturated heterocycles. The predicted molar refractivity (Wildman–Crippen MR) is 85.9 cm³/mol. The molecule has 0 bridgehead atoms. The average molecular weight is 300 g/mol. The molecule has 0 radical (unpaired) electrons. The van der Waals surface area contributed by atoms with E-state index in [0.717, 1.165) is 11.3 Å². The van der Waals surface area contributed by atoms with Gasteiger partial charge in [0.25, 0.3) is 0 Å². The van der Waals surface area contributed by atoms with E-state index in [9.17, 15) is 9.90 Å². The molecule has 116 valence electrons. The van der Waals surface area contributed by atoms with Crippen LogP contribution in [0.3, 0.4) is 0 Å². The van der Waals surface area contributed by atoms with Crippen LogP contribution in [0.5, 0.6) is 5.75 Å². The largest absolute Gasteiger partial charge is 0.497 e. The fourth-order valence-electron chi connectivity index (χ4n) is 1.99. The van der Waals surface area contributed by atoms with Gasteiger partial charge in [-0.1, -0.05) is 30.3 Å². The topological polar surface area (TPSA) is 70.6 Å². The van der Waals surface area contributed by atoms with Crippen molar-refractivity contribution in [2.75, 3.05) is 25.5 Å². The molecule has 5 nitrogen and oxygen atoms in total. The summed E-state index contributed by atoms with van der Waals surface area (Å²) in [5, 5.41) is 15.7. The second-order valence-corrected chi connectivity index (χ2v) is 4.83. The van der Waals surface area contributed by atoms with Gasteiger partial charge in [0.05, 0.1) is 19.8 Å². The van der Waals surface area contributed by atoms with Crippen molar-refractivity contribution < 1.29 is 14.6 Å². The van der Waals surface area contributed by atoms with E-state index in [1.54, 1.807) is 31.4 Å². The molecular weight excluding hydrogens is 280 g/mol. The predicted octanol–water partition coefficient (Wildman–Crippen LogP) is 1.96. The van der Waals surface area contributed by atoms with Gasteiger partial charge in [0.2, 0.25) is 5.91 Å². The van der Waals surface area contributed by atoms with Gasteiger partial charge in [-0.05, 0) is 29.8 Å². The molecule has 0 aliphatic rings. The number of rotatable bonds is 7. The summed E-state index contributed by atoms with van der Waals surface area (Å²) in [5.74, 6) is 0.576. The van der Waals surface area contributed by atoms with Gasteiger partial charge < -0.3 is 20.5 Å². The number of amides is 1. The SMILES string of the molecule is COc1ccc(NC(=O)CNCC(O)c2ccccc2)cc1. The van der Waals surface area contributed by atoms with Gasteiger partial charge in [-0.3, -0.25) is 4.79 Å². The molecule has 1 unspecified atom stereocenters. The number of carbonyl (C=O) groups is 1. The minimum absolute atomic E-state index is 0.135. The Morgan fingerprint density at radius 1 is 1.14 bits per heavy atom. The van der Waals surface area contributed by atoms with E-state index in [0.29, 0.717) is 12.2 Å². The number of hydrogen-bond donors (Lipinski definition) is 3. The van der Waals surface area contributed by atoms with Crippen LogP contribution in [0.2, 0.25) is 0 Å². The summed E-state index contributed by atoms with van der Waals surface area (Å²) >= 11 is 0. The first-order valence-electron chi connectivity index (χ1n) is 7.06. The van der Waals surface area contributed by atoms with Crippen LogP contribution in [0.4, 0.5) is 5.69 Å². The first-order valence-corrected chi connectivity index (χ1v) is 7.06. The molecule has 5 heteroatoms. The van der Waals surface area contributed by atoms with Crippen LogP contribution in [0.15, 0.2) is 54.6 Å². The quantitative estimate of drug-likeness (QED) is 0.731. The lowest BCUT2D eigenvalue weighted by atomic mass is 10.1. The minimum Gasteiger partial charge on any atom is -0.497 e. The van der Waals surface area contributed by atoms with Gasteiger partial charge in [0.15, 0.2) is 0 Å². The van der Waals surface area contributed by atoms with E-state index in [2.05, 4.69) is 10.6 Å². The molecule has 0 fully saturated rings. The van der Waals surface area contributed by atoms with Crippen LogP contribution < -0.4 is 15.4 Å². The molecule has 1 atom stereocenters. The number of aliphatic hydroxyl groups excluding tert-OH is 1. The number of hydrogen-bond acceptors (Lipinski definition) is 4. The molecule has 0 aliphatic carbocycles. The molecule has 0 spiro atoms. The molecule has 22 heavy (non-hydrogen) atoms. The van der Waals surface area contributed by atoms with Crippen molar-refractivity contribution in [3.8, 4) is 5.75 Å². The molecular formula is C17H20N2O3. The van der Waals surface area contributed by atoms with Gasteiger partial charge in [0.1, 0.15) is 5.75 Å². The summed E-state index contributed by atoms with van der Waals surface area (Å²) in [6.07, 6.45) is -0.630. The third-order valence-electron chi connectivity index (χ3n) is 3.18. The second kappa shape index (κ2) is 8.17. The van der Waals surface area contributed by atoms with Crippen LogP contribution >= 0.6 is 0 Å². The van der Waals surface area contributed by atoms with Gasteiger partial charge >= 0.3 is 0 Å². The Morgan fingerprint density at radius 2 is 1.82 bits per heavy atom. The highest BCUT2D eigenvalue weighted by molar-refractivity contribution is 5.92. The lowest BCUT2D eigenvalue weighted by molar-refractivity contribution is -0.115. The second-order valence-electron chi connectivity index (χ2n) is 4.83. The highest BCUT2D eigenvalue weighted by Gasteiger charge is 2.08. The van der Waals surface area contributed by atoms with Crippen LogP contribution in [0, 0.1) is 0 Å². The minimum atomic E-state index is -0.630.